The van der Waals surface area contributed by atoms with Crippen LogP contribution in [0.1, 0.15) is 33.4 Å². The lowest BCUT2D eigenvalue weighted by atomic mass is 9.98. The number of rotatable bonds is 7. The molecule has 0 fully saturated rings. The van der Waals surface area contributed by atoms with Crippen LogP contribution in [-0.2, 0) is 6.42 Å². The standard InChI is InChI=1S/C29H24ClN3O2/c1-20-16-17-28(35-20)25-19-27(33(32-25)26-15-9-8-14-23(26)30)29(34)31-24(22-12-6-3-7-13-22)18-21-10-4-2-5-11-21/h2-17,19,24H,18H2,1H3,(H,31,34). The minimum absolute atomic E-state index is 0.227. The quantitative estimate of drug-likeness (QED) is 0.278. The summed E-state index contributed by atoms with van der Waals surface area (Å²) >= 11 is 6.49. The highest BCUT2D eigenvalue weighted by Gasteiger charge is 2.23. The molecule has 35 heavy (non-hydrogen) atoms. The first kappa shape index (κ1) is 22.7. The Morgan fingerprint density at radius 1 is 0.943 bits per heavy atom. The van der Waals surface area contributed by atoms with Crippen LogP contribution in [0.15, 0.2) is 108 Å². The molecule has 0 radical (unpaired) electrons. The lowest BCUT2D eigenvalue weighted by molar-refractivity contribution is 0.0928. The Balaban J connectivity index is 1.53. The predicted molar refractivity (Wildman–Crippen MR) is 138 cm³/mol. The first-order valence-corrected chi connectivity index (χ1v) is 11.8. The highest BCUT2D eigenvalue weighted by Crippen LogP contribution is 2.27. The number of aromatic nitrogens is 2. The maximum absolute atomic E-state index is 13.7. The molecular weight excluding hydrogens is 458 g/mol. The third-order valence-corrected chi connectivity index (χ3v) is 6.12. The van der Waals surface area contributed by atoms with Gasteiger partial charge in [0.05, 0.1) is 16.8 Å². The number of carbonyl (C=O) groups is 1. The summed E-state index contributed by atoms with van der Waals surface area (Å²) < 4.78 is 7.35. The van der Waals surface area contributed by atoms with Crippen LogP contribution in [-0.4, -0.2) is 15.7 Å². The number of furan rings is 1. The number of benzene rings is 3. The molecule has 174 valence electrons. The monoisotopic (exact) mass is 481 g/mol. The van der Waals surface area contributed by atoms with Crippen molar-refractivity contribution in [2.24, 2.45) is 0 Å². The van der Waals surface area contributed by atoms with E-state index in [1.807, 2.05) is 85.8 Å². The van der Waals surface area contributed by atoms with Gasteiger partial charge < -0.3 is 9.73 Å². The summed E-state index contributed by atoms with van der Waals surface area (Å²) in [6.45, 7) is 1.87. The lowest BCUT2D eigenvalue weighted by Crippen LogP contribution is -2.31. The fourth-order valence-electron chi connectivity index (χ4n) is 4.06. The zero-order valence-corrected chi connectivity index (χ0v) is 19.9. The number of nitrogens with one attached hydrogen (secondary N) is 1. The molecule has 0 saturated heterocycles. The second-order valence-corrected chi connectivity index (χ2v) is 8.72. The molecule has 1 amide bonds. The van der Waals surface area contributed by atoms with E-state index in [2.05, 4.69) is 22.5 Å². The Morgan fingerprint density at radius 3 is 2.31 bits per heavy atom. The molecule has 0 spiro atoms. The van der Waals surface area contributed by atoms with Gasteiger partial charge >= 0.3 is 0 Å². The van der Waals surface area contributed by atoms with E-state index in [0.29, 0.717) is 34.3 Å². The van der Waals surface area contributed by atoms with Gasteiger partial charge in [0, 0.05) is 6.07 Å². The van der Waals surface area contributed by atoms with Crippen molar-refractivity contribution in [1.82, 2.24) is 15.1 Å². The van der Waals surface area contributed by atoms with Crippen molar-refractivity contribution in [3.63, 3.8) is 0 Å². The van der Waals surface area contributed by atoms with Gasteiger partial charge in [0.25, 0.3) is 5.91 Å². The summed E-state index contributed by atoms with van der Waals surface area (Å²) in [6.07, 6.45) is 0.654. The van der Waals surface area contributed by atoms with Crippen LogP contribution < -0.4 is 5.32 Å². The molecule has 0 saturated carbocycles. The average Bonchev–Trinajstić information content (AvgIpc) is 3.52. The third kappa shape index (κ3) is 5.05. The molecule has 6 heteroatoms. The largest absolute Gasteiger partial charge is 0.460 e. The Labute approximate surface area is 209 Å². The van der Waals surface area contributed by atoms with E-state index in [4.69, 9.17) is 16.0 Å². The summed E-state index contributed by atoms with van der Waals surface area (Å²) in [7, 11) is 0. The summed E-state index contributed by atoms with van der Waals surface area (Å²) in [5, 5.41) is 8.41. The Morgan fingerprint density at radius 2 is 1.63 bits per heavy atom. The van der Waals surface area contributed by atoms with Gasteiger partial charge in [-0.3, -0.25) is 4.79 Å². The van der Waals surface area contributed by atoms with Crippen LogP contribution in [0, 0.1) is 6.92 Å². The van der Waals surface area contributed by atoms with Gasteiger partial charge in [0.15, 0.2) is 5.76 Å². The Hall–Kier alpha value is -4.09. The number of halogens is 1. The van der Waals surface area contributed by atoms with E-state index in [1.54, 1.807) is 16.8 Å². The minimum atomic E-state index is -0.253. The first-order valence-electron chi connectivity index (χ1n) is 11.4. The van der Waals surface area contributed by atoms with Gasteiger partial charge in [0.1, 0.15) is 17.1 Å². The summed E-state index contributed by atoms with van der Waals surface area (Å²) in [5.41, 5.74) is 3.70. The van der Waals surface area contributed by atoms with E-state index in [-0.39, 0.29) is 11.9 Å². The molecule has 5 rings (SSSR count). The van der Waals surface area contributed by atoms with Crippen LogP contribution in [0.25, 0.3) is 17.1 Å². The second kappa shape index (κ2) is 10.0. The van der Waals surface area contributed by atoms with E-state index >= 15 is 0 Å². The predicted octanol–water partition coefficient (Wildman–Crippen LogP) is 6.81. The van der Waals surface area contributed by atoms with Crippen molar-refractivity contribution in [3.05, 3.63) is 131 Å². The van der Waals surface area contributed by atoms with Crippen LogP contribution in [0.2, 0.25) is 5.02 Å². The molecule has 0 aliphatic carbocycles. The smallest absolute Gasteiger partial charge is 0.270 e. The third-order valence-electron chi connectivity index (χ3n) is 5.81. The summed E-state index contributed by atoms with van der Waals surface area (Å²) in [4.78, 5) is 13.7. The SMILES string of the molecule is Cc1ccc(-c2cc(C(=O)NC(Cc3ccccc3)c3ccccc3)n(-c3ccccc3Cl)n2)o1. The molecule has 0 aliphatic rings. The first-order chi connectivity index (χ1) is 17.1. The van der Waals surface area contributed by atoms with Crippen molar-refractivity contribution in [2.75, 3.05) is 0 Å². The number of amides is 1. The molecule has 5 aromatic rings. The molecule has 1 N–H and O–H groups in total. The zero-order chi connectivity index (χ0) is 24.2. The van der Waals surface area contributed by atoms with Crippen molar-refractivity contribution in [2.45, 2.75) is 19.4 Å². The summed E-state index contributed by atoms with van der Waals surface area (Å²) in [6, 6.07) is 32.6. The van der Waals surface area contributed by atoms with Crippen LogP contribution in [0.4, 0.5) is 0 Å². The molecule has 2 heterocycles. The van der Waals surface area contributed by atoms with Gasteiger partial charge in [-0.1, -0.05) is 84.4 Å². The average molecular weight is 482 g/mol. The molecule has 3 aromatic carbocycles. The van der Waals surface area contributed by atoms with Crippen molar-refractivity contribution < 1.29 is 9.21 Å². The highest BCUT2D eigenvalue weighted by molar-refractivity contribution is 6.32. The van der Waals surface area contributed by atoms with Crippen molar-refractivity contribution in [3.8, 4) is 17.1 Å². The fourth-order valence-corrected chi connectivity index (χ4v) is 4.28. The van der Waals surface area contributed by atoms with E-state index in [1.165, 1.54) is 0 Å². The topological polar surface area (TPSA) is 60.1 Å². The molecule has 5 nitrogen and oxygen atoms in total. The van der Waals surface area contributed by atoms with Crippen molar-refractivity contribution in [1.29, 1.82) is 0 Å². The van der Waals surface area contributed by atoms with E-state index in [9.17, 15) is 4.79 Å². The number of nitrogens with zero attached hydrogens (tertiary/aromatic N) is 2. The molecule has 0 aliphatic heterocycles. The Kier molecular flexibility index (Phi) is 6.51. The maximum Gasteiger partial charge on any atom is 0.270 e. The van der Waals surface area contributed by atoms with E-state index in [0.717, 1.165) is 16.9 Å². The Bertz CT molecular complexity index is 1440. The number of para-hydroxylation sites is 1. The van der Waals surface area contributed by atoms with Crippen molar-refractivity contribution >= 4 is 17.5 Å². The fraction of sp³-hybridized carbons (Fsp3) is 0.103. The normalized spacial score (nSPS) is 11.8. The molecule has 1 atom stereocenters. The van der Waals surface area contributed by atoms with Gasteiger partial charge in [-0.2, -0.15) is 5.10 Å². The van der Waals surface area contributed by atoms with E-state index < -0.39 is 0 Å². The number of hydrogen-bond donors (Lipinski definition) is 1. The number of carbonyl (C=O) groups excluding carboxylic acids is 1. The number of aryl methyl sites for hydroxylation is 1. The van der Waals surface area contributed by atoms with Gasteiger partial charge in [0.2, 0.25) is 0 Å². The van der Waals surface area contributed by atoms with Gasteiger partial charge in [-0.25, -0.2) is 4.68 Å². The van der Waals surface area contributed by atoms with Crippen LogP contribution in [0.3, 0.4) is 0 Å². The maximum atomic E-state index is 13.7. The zero-order valence-electron chi connectivity index (χ0n) is 19.2. The van der Waals surface area contributed by atoms with Crippen LogP contribution in [0.5, 0.6) is 0 Å². The second-order valence-electron chi connectivity index (χ2n) is 8.31. The molecule has 1 unspecified atom stereocenters. The van der Waals surface area contributed by atoms with Crippen LogP contribution >= 0.6 is 11.6 Å². The number of hydrogen-bond acceptors (Lipinski definition) is 3. The van der Waals surface area contributed by atoms with Gasteiger partial charge in [-0.05, 0) is 48.7 Å². The lowest BCUT2D eigenvalue weighted by Gasteiger charge is -2.20. The molecule has 2 aromatic heterocycles. The molecule has 0 bridgehead atoms. The van der Waals surface area contributed by atoms with Gasteiger partial charge in [-0.15, -0.1) is 0 Å². The minimum Gasteiger partial charge on any atom is -0.460 e. The highest BCUT2D eigenvalue weighted by atomic mass is 35.5. The molecular formula is C29H24ClN3O2. The summed E-state index contributed by atoms with van der Waals surface area (Å²) in [5.74, 6) is 1.10.